The van der Waals surface area contributed by atoms with Crippen molar-refractivity contribution in [3.05, 3.63) is 0 Å². The minimum absolute atomic E-state index is 0.0449. The molecule has 0 aromatic carbocycles. The Labute approximate surface area is 114 Å². The first kappa shape index (κ1) is 18.7. The number of aliphatic hydroxyl groups is 3. The van der Waals surface area contributed by atoms with E-state index in [2.05, 4.69) is 0 Å². The third-order valence-corrected chi connectivity index (χ3v) is 2.24. The molecule has 3 N–H and O–H groups in total. The highest BCUT2D eigenvalue weighted by atomic mass is 16.6. The predicted octanol–water partition coefficient (Wildman–Crippen LogP) is -1.21. The van der Waals surface area contributed by atoms with Crippen molar-refractivity contribution in [3.63, 3.8) is 0 Å². The van der Waals surface area contributed by atoms with Crippen LogP contribution < -0.4 is 0 Å². The van der Waals surface area contributed by atoms with Crippen LogP contribution in [0.3, 0.4) is 0 Å². The van der Waals surface area contributed by atoms with Gasteiger partial charge in [-0.25, -0.2) is 0 Å². The predicted molar refractivity (Wildman–Crippen MR) is 68.0 cm³/mol. The molecule has 7 nitrogen and oxygen atoms in total. The van der Waals surface area contributed by atoms with Crippen molar-refractivity contribution in [1.29, 1.82) is 0 Å². The molecule has 7 heteroatoms. The smallest absolute Gasteiger partial charge is 0.104 e. The summed E-state index contributed by atoms with van der Waals surface area (Å²) in [5, 5.41) is 26.7. The lowest BCUT2D eigenvalue weighted by atomic mass is 10.3. The number of hydrogen-bond donors (Lipinski definition) is 3. The van der Waals surface area contributed by atoms with E-state index in [0.717, 1.165) is 0 Å². The lowest BCUT2D eigenvalue weighted by molar-refractivity contribution is -0.0747. The molecule has 0 spiro atoms. The quantitative estimate of drug-likeness (QED) is 0.344. The van der Waals surface area contributed by atoms with Gasteiger partial charge in [-0.05, 0) is 6.42 Å². The number of methoxy groups -OCH3 is 1. The summed E-state index contributed by atoms with van der Waals surface area (Å²) in [4.78, 5) is 0. The minimum Gasteiger partial charge on any atom is -0.394 e. The number of ether oxygens (including phenoxy) is 4. The van der Waals surface area contributed by atoms with Crippen LogP contribution >= 0.6 is 0 Å². The van der Waals surface area contributed by atoms with Crippen LogP contribution in [-0.2, 0) is 18.9 Å². The van der Waals surface area contributed by atoms with Crippen LogP contribution in [0.25, 0.3) is 0 Å². The van der Waals surface area contributed by atoms with Gasteiger partial charge in [-0.1, -0.05) is 0 Å². The molecule has 0 fully saturated rings. The standard InChI is InChI=1S/C12H26O7/c1-16-8-11(15)2-5-19-12(9-17-6-3-13)10-18-7-4-14/h11-15H,2-10H2,1H3. The maximum atomic E-state index is 9.46. The Hall–Kier alpha value is -0.280. The SMILES string of the molecule is COCC(O)CCOC(COCCO)COCCO. The minimum atomic E-state index is -0.553. The van der Waals surface area contributed by atoms with Gasteiger partial charge in [-0.2, -0.15) is 0 Å². The molecule has 0 aliphatic rings. The highest BCUT2D eigenvalue weighted by Gasteiger charge is 2.11. The number of aliphatic hydroxyl groups excluding tert-OH is 3. The molecule has 0 aliphatic heterocycles. The third-order valence-electron chi connectivity index (χ3n) is 2.24. The van der Waals surface area contributed by atoms with E-state index in [1.807, 2.05) is 0 Å². The van der Waals surface area contributed by atoms with Gasteiger partial charge in [-0.15, -0.1) is 0 Å². The monoisotopic (exact) mass is 282 g/mol. The fourth-order valence-corrected chi connectivity index (χ4v) is 1.35. The van der Waals surface area contributed by atoms with Crippen LogP contribution in [0.4, 0.5) is 0 Å². The summed E-state index contributed by atoms with van der Waals surface area (Å²) in [6, 6.07) is 0. The van der Waals surface area contributed by atoms with Crippen LogP contribution in [0.1, 0.15) is 6.42 Å². The second kappa shape index (κ2) is 14.1. The van der Waals surface area contributed by atoms with Crippen molar-refractivity contribution in [2.75, 3.05) is 60.0 Å². The van der Waals surface area contributed by atoms with E-state index in [1.165, 1.54) is 7.11 Å². The molecule has 0 bridgehead atoms. The number of hydrogen-bond acceptors (Lipinski definition) is 7. The van der Waals surface area contributed by atoms with E-state index in [1.54, 1.807) is 0 Å². The van der Waals surface area contributed by atoms with Gasteiger partial charge in [0.05, 0.1) is 52.4 Å². The van der Waals surface area contributed by atoms with Crippen molar-refractivity contribution in [3.8, 4) is 0 Å². The lowest BCUT2D eigenvalue weighted by Crippen LogP contribution is -2.28. The fraction of sp³-hybridized carbons (Fsp3) is 1.00. The van der Waals surface area contributed by atoms with Crippen molar-refractivity contribution in [1.82, 2.24) is 0 Å². The average molecular weight is 282 g/mol. The molecular weight excluding hydrogens is 256 g/mol. The molecular formula is C12H26O7. The molecule has 0 saturated carbocycles. The van der Waals surface area contributed by atoms with E-state index in [-0.39, 0.29) is 39.1 Å². The largest absolute Gasteiger partial charge is 0.394 e. The first-order valence-corrected chi connectivity index (χ1v) is 6.40. The van der Waals surface area contributed by atoms with Gasteiger partial charge in [-0.3, -0.25) is 0 Å². The second-order valence-electron chi connectivity index (χ2n) is 3.99. The first-order valence-electron chi connectivity index (χ1n) is 6.40. The topological polar surface area (TPSA) is 97.6 Å². The molecule has 116 valence electrons. The Morgan fingerprint density at radius 2 is 1.47 bits per heavy atom. The fourth-order valence-electron chi connectivity index (χ4n) is 1.35. The van der Waals surface area contributed by atoms with Gasteiger partial charge >= 0.3 is 0 Å². The zero-order valence-electron chi connectivity index (χ0n) is 11.5. The van der Waals surface area contributed by atoms with Gasteiger partial charge in [0.15, 0.2) is 0 Å². The Bertz CT molecular complexity index is 169. The molecule has 19 heavy (non-hydrogen) atoms. The first-order chi connectivity index (χ1) is 9.24. The average Bonchev–Trinajstić information content (AvgIpc) is 2.39. The molecule has 0 rings (SSSR count). The Morgan fingerprint density at radius 3 is 1.95 bits per heavy atom. The van der Waals surface area contributed by atoms with Gasteiger partial charge in [0, 0.05) is 13.7 Å². The molecule has 0 aromatic rings. The van der Waals surface area contributed by atoms with E-state index < -0.39 is 6.10 Å². The second-order valence-corrected chi connectivity index (χ2v) is 3.99. The third kappa shape index (κ3) is 12.5. The Kier molecular flexibility index (Phi) is 13.9. The molecule has 0 amide bonds. The van der Waals surface area contributed by atoms with Crippen LogP contribution in [-0.4, -0.2) is 87.5 Å². The van der Waals surface area contributed by atoms with Crippen LogP contribution in [0.2, 0.25) is 0 Å². The summed E-state index contributed by atoms with van der Waals surface area (Å²) in [5.41, 5.74) is 0. The molecule has 0 heterocycles. The van der Waals surface area contributed by atoms with E-state index >= 15 is 0 Å². The summed E-state index contributed by atoms with van der Waals surface area (Å²) < 4.78 is 20.7. The Morgan fingerprint density at radius 1 is 0.895 bits per heavy atom. The molecule has 1 unspecified atom stereocenters. The van der Waals surface area contributed by atoms with Gasteiger partial charge in [0.1, 0.15) is 6.10 Å². The van der Waals surface area contributed by atoms with E-state index in [0.29, 0.717) is 26.2 Å². The summed E-state index contributed by atoms with van der Waals surface area (Å²) in [6.45, 7) is 1.63. The summed E-state index contributed by atoms with van der Waals surface area (Å²) >= 11 is 0. The molecule has 0 aliphatic carbocycles. The molecule has 0 radical (unpaired) electrons. The van der Waals surface area contributed by atoms with Crippen molar-refractivity contribution in [2.24, 2.45) is 0 Å². The van der Waals surface area contributed by atoms with Gasteiger partial charge in [0.25, 0.3) is 0 Å². The van der Waals surface area contributed by atoms with Gasteiger partial charge in [0.2, 0.25) is 0 Å². The van der Waals surface area contributed by atoms with Crippen LogP contribution in [0.5, 0.6) is 0 Å². The maximum Gasteiger partial charge on any atom is 0.104 e. The highest BCUT2D eigenvalue weighted by Crippen LogP contribution is 2.00. The summed E-state index contributed by atoms with van der Waals surface area (Å²) in [6.07, 6.45) is -0.375. The van der Waals surface area contributed by atoms with Crippen molar-refractivity contribution < 1.29 is 34.3 Å². The maximum absolute atomic E-state index is 9.46. The highest BCUT2D eigenvalue weighted by molar-refractivity contribution is 4.58. The summed E-state index contributed by atoms with van der Waals surface area (Å²) in [5.74, 6) is 0. The van der Waals surface area contributed by atoms with Crippen molar-refractivity contribution >= 4 is 0 Å². The van der Waals surface area contributed by atoms with E-state index in [4.69, 9.17) is 29.2 Å². The zero-order valence-corrected chi connectivity index (χ0v) is 11.5. The molecule has 0 saturated heterocycles. The summed E-state index contributed by atoms with van der Waals surface area (Å²) in [7, 11) is 1.53. The number of rotatable bonds is 14. The zero-order chi connectivity index (χ0) is 14.3. The molecule has 1 atom stereocenters. The molecule has 0 aromatic heterocycles. The van der Waals surface area contributed by atoms with Gasteiger partial charge < -0.3 is 34.3 Å². The van der Waals surface area contributed by atoms with E-state index in [9.17, 15) is 5.11 Å². The van der Waals surface area contributed by atoms with Crippen LogP contribution in [0.15, 0.2) is 0 Å². The normalized spacial score (nSPS) is 13.1. The van der Waals surface area contributed by atoms with Crippen molar-refractivity contribution in [2.45, 2.75) is 18.6 Å². The Balaban J connectivity index is 3.75. The lowest BCUT2D eigenvalue weighted by Gasteiger charge is -2.19. The van der Waals surface area contributed by atoms with Crippen LogP contribution in [0, 0.1) is 0 Å².